The second-order valence-corrected chi connectivity index (χ2v) is 5.59. The Balaban J connectivity index is 2.09. The monoisotopic (exact) mass is 399 g/mol. The zero-order valence-corrected chi connectivity index (χ0v) is 13.6. The van der Waals surface area contributed by atoms with Crippen LogP contribution in [0.25, 0.3) is 0 Å². The molecule has 5 nitrogen and oxygen atoms in total. The highest BCUT2D eigenvalue weighted by molar-refractivity contribution is 9.13. The molecule has 7 heteroatoms. The summed E-state index contributed by atoms with van der Waals surface area (Å²) in [4.78, 5) is 12.0. The lowest BCUT2D eigenvalue weighted by Gasteiger charge is -2.02. The van der Waals surface area contributed by atoms with Gasteiger partial charge in [-0.05, 0) is 50.1 Å². The van der Waals surface area contributed by atoms with Crippen LogP contribution in [0.15, 0.2) is 44.5 Å². The number of aromatic hydroxyl groups is 1. The Labute approximate surface area is 132 Å². The van der Waals surface area contributed by atoms with E-state index in [1.165, 1.54) is 6.21 Å². The molecule has 20 heavy (non-hydrogen) atoms. The van der Waals surface area contributed by atoms with Gasteiger partial charge in [-0.2, -0.15) is 5.10 Å². The number of hydrogen-bond acceptors (Lipinski definition) is 3. The van der Waals surface area contributed by atoms with Crippen molar-refractivity contribution in [2.24, 2.45) is 12.1 Å². The normalized spacial score (nSPS) is 10.9. The lowest BCUT2D eigenvalue weighted by atomic mass is 10.2. The van der Waals surface area contributed by atoms with E-state index in [2.05, 4.69) is 42.4 Å². The Bertz CT molecular complexity index is 680. The number of hydrazone groups is 1. The van der Waals surface area contributed by atoms with E-state index < -0.39 is 0 Å². The maximum Gasteiger partial charge on any atom is 0.288 e. The zero-order valence-electron chi connectivity index (χ0n) is 10.5. The summed E-state index contributed by atoms with van der Waals surface area (Å²) in [5, 5.41) is 13.4. The van der Waals surface area contributed by atoms with Gasteiger partial charge in [0.1, 0.15) is 11.4 Å². The van der Waals surface area contributed by atoms with E-state index >= 15 is 0 Å². The number of nitrogens with one attached hydrogen (secondary N) is 1. The summed E-state index contributed by atoms with van der Waals surface area (Å²) in [5.74, 6) is -0.236. The number of aromatic nitrogens is 1. The van der Waals surface area contributed by atoms with Crippen LogP contribution in [0.5, 0.6) is 5.75 Å². The zero-order chi connectivity index (χ0) is 14.7. The van der Waals surface area contributed by atoms with Crippen LogP contribution < -0.4 is 5.43 Å². The third-order valence-electron chi connectivity index (χ3n) is 2.66. The number of hydrogen-bond donors (Lipinski definition) is 2. The minimum Gasteiger partial charge on any atom is -0.507 e. The minimum absolute atomic E-state index is 0.106. The van der Waals surface area contributed by atoms with E-state index in [4.69, 9.17) is 0 Å². The molecule has 0 spiro atoms. The average Bonchev–Trinajstić information content (AvgIpc) is 2.68. The van der Waals surface area contributed by atoms with Crippen molar-refractivity contribution in [1.29, 1.82) is 0 Å². The van der Waals surface area contributed by atoms with E-state index in [0.29, 0.717) is 11.3 Å². The molecule has 0 atom stereocenters. The number of para-hydroxylation sites is 1. The van der Waals surface area contributed by atoms with Gasteiger partial charge in [0.15, 0.2) is 0 Å². The van der Waals surface area contributed by atoms with E-state index in [0.717, 1.165) is 9.08 Å². The summed E-state index contributed by atoms with van der Waals surface area (Å²) in [6, 6.07) is 8.42. The van der Waals surface area contributed by atoms with Crippen molar-refractivity contribution < 1.29 is 9.90 Å². The SMILES string of the molecule is Cn1c(C(=O)N/N=C/c2ccccc2O)cc(Br)c1Br. The summed E-state index contributed by atoms with van der Waals surface area (Å²) in [7, 11) is 1.76. The second kappa shape index (κ2) is 6.23. The second-order valence-electron chi connectivity index (χ2n) is 3.99. The summed E-state index contributed by atoms with van der Waals surface area (Å²) in [6.45, 7) is 0. The van der Waals surface area contributed by atoms with Crippen molar-refractivity contribution in [1.82, 2.24) is 9.99 Å². The molecule has 2 rings (SSSR count). The fraction of sp³-hybridized carbons (Fsp3) is 0.0769. The van der Waals surface area contributed by atoms with Gasteiger partial charge in [-0.15, -0.1) is 0 Å². The van der Waals surface area contributed by atoms with Gasteiger partial charge in [0.05, 0.1) is 15.3 Å². The number of phenolic OH excluding ortho intramolecular Hbond substituents is 1. The van der Waals surface area contributed by atoms with Crippen LogP contribution in [0.4, 0.5) is 0 Å². The molecule has 2 N–H and O–H groups in total. The van der Waals surface area contributed by atoms with Crippen LogP contribution in [0.2, 0.25) is 0 Å². The predicted molar refractivity (Wildman–Crippen MR) is 84.0 cm³/mol. The van der Waals surface area contributed by atoms with Crippen LogP contribution in [0, 0.1) is 0 Å². The summed E-state index contributed by atoms with van der Waals surface area (Å²) in [6.07, 6.45) is 1.39. The van der Waals surface area contributed by atoms with Crippen LogP contribution in [0.3, 0.4) is 0 Å². The average molecular weight is 401 g/mol. The van der Waals surface area contributed by atoms with Gasteiger partial charge in [-0.25, -0.2) is 5.43 Å². The van der Waals surface area contributed by atoms with Gasteiger partial charge in [0.25, 0.3) is 5.91 Å². The molecule has 1 amide bonds. The number of carbonyl (C=O) groups is 1. The maximum atomic E-state index is 12.0. The molecule has 0 aliphatic carbocycles. The number of benzene rings is 1. The first-order valence-corrected chi connectivity index (χ1v) is 7.21. The van der Waals surface area contributed by atoms with E-state index in [1.807, 2.05) is 0 Å². The highest BCUT2D eigenvalue weighted by Gasteiger charge is 2.14. The topological polar surface area (TPSA) is 66.6 Å². The number of nitrogens with zero attached hydrogens (tertiary/aromatic N) is 2. The summed E-state index contributed by atoms with van der Waals surface area (Å²) in [5.41, 5.74) is 3.40. The first-order valence-electron chi connectivity index (χ1n) is 5.63. The largest absolute Gasteiger partial charge is 0.507 e. The van der Waals surface area contributed by atoms with Gasteiger partial charge in [-0.3, -0.25) is 4.79 Å². The highest BCUT2D eigenvalue weighted by Crippen LogP contribution is 2.26. The molecular formula is C13H11Br2N3O2. The first kappa shape index (κ1) is 14.8. The van der Waals surface area contributed by atoms with E-state index in [9.17, 15) is 9.90 Å². The van der Waals surface area contributed by atoms with Crippen molar-refractivity contribution in [3.63, 3.8) is 0 Å². The molecule has 0 bridgehead atoms. The summed E-state index contributed by atoms with van der Waals surface area (Å²) < 4.78 is 3.25. The molecule has 0 radical (unpaired) electrons. The molecule has 0 fully saturated rings. The fourth-order valence-corrected chi connectivity index (χ4v) is 2.36. The van der Waals surface area contributed by atoms with E-state index in [1.54, 1.807) is 41.9 Å². The molecule has 1 aromatic heterocycles. The number of phenols is 1. The minimum atomic E-state index is -0.342. The maximum absolute atomic E-state index is 12.0. The fourth-order valence-electron chi connectivity index (χ4n) is 1.57. The lowest BCUT2D eigenvalue weighted by molar-refractivity contribution is 0.0947. The third kappa shape index (κ3) is 3.10. The molecule has 0 saturated carbocycles. The van der Waals surface area contributed by atoms with Crippen LogP contribution in [-0.4, -0.2) is 21.8 Å². The standard InChI is InChI=1S/C13H11Br2N3O2/c1-18-10(6-9(14)12(18)15)13(20)17-16-7-8-4-2-3-5-11(8)19/h2-7,19H,1H3,(H,17,20)/b16-7+. The van der Waals surface area contributed by atoms with Crippen LogP contribution >= 0.6 is 31.9 Å². The van der Waals surface area contributed by atoms with Crippen molar-refractivity contribution in [2.75, 3.05) is 0 Å². The Morgan fingerprint density at radius 1 is 1.40 bits per heavy atom. The molecule has 2 aromatic rings. The Hall–Kier alpha value is -1.60. The number of halogens is 2. The Morgan fingerprint density at radius 3 is 2.70 bits per heavy atom. The molecule has 0 saturated heterocycles. The lowest BCUT2D eigenvalue weighted by Crippen LogP contribution is -2.20. The molecule has 0 unspecified atom stereocenters. The van der Waals surface area contributed by atoms with Crippen molar-refractivity contribution in [3.8, 4) is 5.75 Å². The van der Waals surface area contributed by atoms with Gasteiger partial charge in [-0.1, -0.05) is 12.1 Å². The molecule has 0 aliphatic rings. The Morgan fingerprint density at radius 2 is 2.10 bits per heavy atom. The molecule has 1 heterocycles. The third-order valence-corrected chi connectivity index (χ3v) is 4.75. The molecule has 104 valence electrons. The van der Waals surface area contributed by atoms with Crippen LogP contribution in [0.1, 0.15) is 16.1 Å². The van der Waals surface area contributed by atoms with E-state index in [-0.39, 0.29) is 11.7 Å². The first-order chi connectivity index (χ1) is 9.50. The molecular weight excluding hydrogens is 390 g/mol. The molecule has 0 aliphatic heterocycles. The van der Waals surface area contributed by atoms with Gasteiger partial charge in [0.2, 0.25) is 0 Å². The summed E-state index contributed by atoms with van der Waals surface area (Å²) >= 11 is 6.68. The number of rotatable bonds is 3. The van der Waals surface area contributed by atoms with Gasteiger partial charge < -0.3 is 9.67 Å². The van der Waals surface area contributed by atoms with Crippen molar-refractivity contribution >= 4 is 44.0 Å². The van der Waals surface area contributed by atoms with Gasteiger partial charge >= 0.3 is 0 Å². The smallest absolute Gasteiger partial charge is 0.288 e. The van der Waals surface area contributed by atoms with Crippen molar-refractivity contribution in [2.45, 2.75) is 0 Å². The number of amides is 1. The highest BCUT2D eigenvalue weighted by atomic mass is 79.9. The van der Waals surface area contributed by atoms with Gasteiger partial charge in [0, 0.05) is 12.6 Å². The quantitative estimate of drug-likeness (QED) is 0.614. The predicted octanol–water partition coefficient (Wildman–Crippen LogP) is 3.02. The van der Waals surface area contributed by atoms with Crippen LogP contribution in [-0.2, 0) is 7.05 Å². The molecule has 1 aromatic carbocycles. The Kier molecular flexibility index (Phi) is 4.61. The van der Waals surface area contributed by atoms with Crippen molar-refractivity contribution in [3.05, 3.63) is 50.7 Å². The number of carbonyl (C=O) groups excluding carboxylic acids is 1.